The Morgan fingerprint density at radius 3 is 2.26 bits per heavy atom. The van der Waals surface area contributed by atoms with Gasteiger partial charge >= 0.3 is 0 Å². The maximum absolute atomic E-state index is 13.2. The van der Waals surface area contributed by atoms with E-state index in [2.05, 4.69) is 10.6 Å². The monoisotopic (exact) mass is 463 g/mol. The van der Waals surface area contributed by atoms with Crippen molar-refractivity contribution < 1.29 is 18.0 Å². The molecule has 31 heavy (non-hydrogen) atoms. The highest BCUT2D eigenvalue weighted by Gasteiger charge is 2.28. The van der Waals surface area contributed by atoms with Gasteiger partial charge in [0.1, 0.15) is 4.90 Å². The van der Waals surface area contributed by atoms with E-state index < -0.39 is 15.9 Å². The molecule has 7 nitrogen and oxygen atoms in total. The van der Waals surface area contributed by atoms with E-state index in [-0.39, 0.29) is 21.4 Å². The first-order valence-corrected chi connectivity index (χ1v) is 12.0. The Labute approximate surface area is 187 Å². The lowest BCUT2D eigenvalue weighted by atomic mass is 10.1. The number of sulfonamides is 1. The number of carbonyl (C=O) groups excluding carboxylic acids is 2. The minimum absolute atomic E-state index is 0.0740. The number of anilines is 2. The Morgan fingerprint density at radius 1 is 0.935 bits per heavy atom. The van der Waals surface area contributed by atoms with Crippen molar-refractivity contribution in [2.75, 3.05) is 23.7 Å². The van der Waals surface area contributed by atoms with Crippen molar-refractivity contribution in [3.63, 3.8) is 0 Å². The van der Waals surface area contributed by atoms with Gasteiger partial charge in [-0.3, -0.25) is 9.59 Å². The van der Waals surface area contributed by atoms with E-state index in [4.69, 9.17) is 11.6 Å². The minimum atomic E-state index is -3.81. The Morgan fingerprint density at radius 2 is 1.61 bits per heavy atom. The molecule has 1 saturated heterocycles. The zero-order valence-corrected chi connectivity index (χ0v) is 19.1. The third-order valence-electron chi connectivity index (χ3n) is 5.11. The van der Waals surface area contributed by atoms with E-state index in [0.29, 0.717) is 24.5 Å². The van der Waals surface area contributed by atoms with Gasteiger partial charge in [0.05, 0.1) is 16.4 Å². The van der Waals surface area contributed by atoms with Crippen molar-refractivity contribution in [3.05, 3.63) is 52.5 Å². The molecular formula is C22H26ClN3O4S. The molecule has 1 fully saturated rings. The lowest BCUT2D eigenvalue weighted by molar-refractivity contribution is -0.114. The molecule has 0 unspecified atom stereocenters. The van der Waals surface area contributed by atoms with Gasteiger partial charge in [0.15, 0.2) is 0 Å². The van der Waals surface area contributed by atoms with Crippen LogP contribution in [-0.4, -0.2) is 37.6 Å². The number of nitrogens with zero attached hydrogens (tertiary/aromatic N) is 1. The van der Waals surface area contributed by atoms with Gasteiger partial charge in [0.2, 0.25) is 15.9 Å². The standard InChI is InChI=1S/C22H26ClN3O4S/c1-15-7-10-19(24-16(2)27)20(13-15)25-22(28)17-8-9-18(23)21(14-17)31(29,30)26-11-5-3-4-6-12-26/h7-10,13-14H,3-6,11-12H2,1-2H3,(H,24,27)(H,25,28). The summed E-state index contributed by atoms with van der Waals surface area (Å²) in [7, 11) is -3.81. The number of rotatable bonds is 5. The molecule has 3 rings (SSSR count). The van der Waals surface area contributed by atoms with Gasteiger partial charge in [-0.1, -0.05) is 30.5 Å². The van der Waals surface area contributed by atoms with Crippen LogP contribution in [0.5, 0.6) is 0 Å². The van der Waals surface area contributed by atoms with Crippen LogP contribution in [0.1, 0.15) is 48.5 Å². The average molecular weight is 464 g/mol. The second-order valence-corrected chi connectivity index (χ2v) is 9.96. The van der Waals surface area contributed by atoms with E-state index in [9.17, 15) is 18.0 Å². The molecule has 0 aromatic heterocycles. The van der Waals surface area contributed by atoms with Crippen molar-refractivity contribution >= 4 is 44.8 Å². The van der Waals surface area contributed by atoms with Crippen molar-refractivity contribution in [2.45, 2.75) is 44.4 Å². The summed E-state index contributed by atoms with van der Waals surface area (Å²) >= 11 is 6.22. The van der Waals surface area contributed by atoms with E-state index in [0.717, 1.165) is 31.2 Å². The van der Waals surface area contributed by atoms with Crippen LogP contribution >= 0.6 is 11.6 Å². The number of hydrogen-bond donors (Lipinski definition) is 2. The first kappa shape index (κ1) is 23.2. The summed E-state index contributed by atoms with van der Waals surface area (Å²) < 4.78 is 27.8. The molecule has 1 aliphatic rings. The second-order valence-electron chi connectivity index (χ2n) is 7.65. The van der Waals surface area contributed by atoms with Crippen LogP contribution in [0, 0.1) is 6.92 Å². The summed E-state index contributed by atoms with van der Waals surface area (Å²) in [6.07, 6.45) is 3.59. The predicted octanol–water partition coefficient (Wildman–Crippen LogP) is 4.42. The van der Waals surface area contributed by atoms with E-state index in [1.54, 1.807) is 12.1 Å². The number of nitrogens with one attached hydrogen (secondary N) is 2. The quantitative estimate of drug-likeness (QED) is 0.685. The summed E-state index contributed by atoms with van der Waals surface area (Å²) in [5.74, 6) is -0.766. The normalized spacial score (nSPS) is 15.2. The molecule has 0 radical (unpaired) electrons. The van der Waals surface area contributed by atoms with E-state index in [1.165, 1.54) is 29.4 Å². The molecule has 2 aromatic carbocycles. The van der Waals surface area contributed by atoms with Gasteiger partial charge in [-0.15, -0.1) is 0 Å². The summed E-state index contributed by atoms with van der Waals surface area (Å²) in [4.78, 5) is 24.3. The molecular weight excluding hydrogens is 438 g/mol. The third-order valence-corrected chi connectivity index (χ3v) is 7.49. The molecule has 2 aromatic rings. The van der Waals surface area contributed by atoms with Gasteiger partial charge in [-0.25, -0.2) is 8.42 Å². The Balaban J connectivity index is 1.90. The Bertz CT molecular complexity index is 1090. The molecule has 0 aliphatic carbocycles. The number of halogens is 1. The van der Waals surface area contributed by atoms with Crippen LogP contribution < -0.4 is 10.6 Å². The first-order valence-electron chi connectivity index (χ1n) is 10.2. The highest BCUT2D eigenvalue weighted by Crippen LogP contribution is 2.29. The lowest BCUT2D eigenvalue weighted by Gasteiger charge is -2.21. The first-order chi connectivity index (χ1) is 14.7. The fraction of sp³-hybridized carbons (Fsp3) is 0.364. The van der Waals surface area contributed by atoms with Crippen molar-refractivity contribution in [3.8, 4) is 0 Å². The lowest BCUT2D eigenvalue weighted by Crippen LogP contribution is -2.32. The molecule has 9 heteroatoms. The Hall–Kier alpha value is -2.42. The maximum Gasteiger partial charge on any atom is 0.255 e. The molecule has 166 valence electrons. The fourth-order valence-electron chi connectivity index (χ4n) is 3.52. The zero-order chi connectivity index (χ0) is 22.6. The van der Waals surface area contributed by atoms with Crippen LogP contribution in [0.2, 0.25) is 5.02 Å². The number of carbonyl (C=O) groups is 2. The van der Waals surface area contributed by atoms with Gasteiger partial charge in [0, 0.05) is 25.6 Å². The summed E-state index contributed by atoms with van der Waals surface area (Å²) in [5.41, 5.74) is 1.93. The van der Waals surface area contributed by atoms with Crippen LogP contribution in [-0.2, 0) is 14.8 Å². The van der Waals surface area contributed by atoms with Crippen molar-refractivity contribution in [2.24, 2.45) is 0 Å². The fourth-order valence-corrected chi connectivity index (χ4v) is 5.54. The molecule has 2 amide bonds. The summed E-state index contributed by atoms with van der Waals surface area (Å²) in [6.45, 7) is 4.13. The van der Waals surface area contributed by atoms with Crippen LogP contribution in [0.25, 0.3) is 0 Å². The average Bonchev–Trinajstić information content (AvgIpc) is 3.00. The predicted molar refractivity (Wildman–Crippen MR) is 122 cm³/mol. The maximum atomic E-state index is 13.2. The van der Waals surface area contributed by atoms with Crippen LogP contribution in [0.3, 0.4) is 0 Å². The highest BCUT2D eigenvalue weighted by atomic mass is 35.5. The smallest absolute Gasteiger partial charge is 0.255 e. The molecule has 1 heterocycles. The SMILES string of the molecule is CC(=O)Nc1ccc(C)cc1NC(=O)c1ccc(Cl)c(S(=O)(=O)N2CCCCCC2)c1. The van der Waals surface area contributed by atoms with E-state index in [1.807, 2.05) is 13.0 Å². The van der Waals surface area contributed by atoms with E-state index >= 15 is 0 Å². The molecule has 0 atom stereocenters. The third kappa shape index (κ3) is 5.64. The van der Waals surface area contributed by atoms with Crippen LogP contribution in [0.4, 0.5) is 11.4 Å². The second kappa shape index (κ2) is 9.80. The van der Waals surface area contributed by atoms with Crippen molar-refractivity contribution in [1.82, 2.24) is 4.31 Å². The largest absolute Gasteiger partial charge is 0.325 e. The topological polar surface area (TPSA) is 95.6 Å². The molecule has 0 spiro atoms. The van der Waals surface area contributed by atoms with Crippen molar-refractivity contribution in [1.29, 1.82) is 0 Å². The van der Waals surface area contributed by atoms with Crippen LogP contribution in [0.15, 0.2) is 41.3 Å². The highest BCUT2D eigenvalue weighted by molar-refractivity contribution is 7.89. The van der Waals surface area contributed by atoms with Gasteiger partial charge in [0.25, 0.3) is 5.91 Å². The minimum Gasteiger partial charge on any atom is -0.325 e. The van der Waals surface area contributed by atoms with Gasteiger partial charge in [-0.05, 0) is 55.7 Å². The van der Waals surface area contributed by atoms with Gasteiger partial charge in [-0.2, -0.15) is 4.31 Å². The number of benzene rings is 2. The molecule has 2 N–H and O–H groups in total. The molecule has 0 saturated carbocycles. The zero-order valence-electron chi connectivity index (χ0n) is 17.6. The molecule has 1 aliphatic heterocycles. The summed E-state index contributed by atoms with van der Waals surface area (Å²) in [6, 6.07) is 9.46. The number of aryl methyl sites for hydroxylation is 1. The van der Waals surface area contributed by atoms with Gasteiger partial charge < -0.3 is 10.6 Å². The molecule has 0 bridgehead atoms. The number of amides is 2. The Kier molecular flexibility index (Phi) is 7.35. The number of hydrogen-bond acceptors (Lipinski definition) is 4. The summed E-state index contributed by atoms with van der Waals surface area (Å²) in [5, 5.41) is 5.51.